The van der Waals surface area contributed by atoms with Gasteiger partial charge in [-0.05, 0) is 62.4 Å². The van der Waals surface area contributed by atoms with Crippen molar-refractivity contribution in [2.24, 2.45) is 0 Å². The summed E-state index contributed by atoms with van der Waals surface area (Å²) in [6, 6.07) is 18.2. The maximum atomic E-state index is 12.7. The van der Waals surface area contributed by atoms with Crippen LogP contribution in [0.4, 0.5) is 5.69 Å². The van der Waals surface area contributed by atoms with Gasteiger partial charge in [-0.1, -0.05) is 17.8 Å². The van der Waals surface area contributed by atoms with Crippen molar-refractivity contribution in [1.82, 2.24) is 15.2 Å². The van der Waals surface area contributed by atoms with Crippen LogP contribution < -0.4 is 29.0 Å². The van der Waals surface area contributed by atoms with Gasteiger partial charge < -0.3 is 29.0 Å². The number of hydrogen-bond donors (Lipinski definition) is 1. The molecule has 0 aliphatic carbocycles. The number of aromatic nitrogens is 3. The fraction of sp³-hybridized carbons (Fsp3) is 0.267. The molecule has 0 atom stereocenters. The predicted octanol–water partition coefficient (Wildman–Crippen LogP) is 5.76. The third-order valence-electron chi connectivity index (χ3n) is 5.83. The van der Waals surface area contributed by atoms with Gasteiger partial charge in [-0.3, -0.25) is 4.79 Å². The van der Waals surface area contributed by atoms with Gasteiger partial charge in [0.25, 0.3) is 0 Å². The van der Waals surface area contributed by atoms with Crippen LogP contribution in [-0.4, -0.2) is 61.4 Å². The molecule has 1 aromatic heterocycles. The fourth-order valence-electron chi connectivity index (χ4n) is 3.98. The van der Waals surface area contributed by atoms with Crippen LogP contribution in [0.3, 0.4) is 0 Å². The standard InChI is InChI=1S/C30H32N4O6S/c1-6-39-25-15-19(11-13-23(25)37-4)28-29(20-12-14-24(38-5)26(16-20)40-7-2)33-34-30(32-28)41-18-27(35)31-21-9-8-10-22(17-21)36-3/h8-17H,6-7,18H2,1-5H3,(H,31,35). The Morgan fingerprint density at radius 1 is 0.756 bits per heavy atom. The van der Waals surface area contributed by atoms with Gasteiger partial charge in [0.05, 0.1) is 40.3 Å². The molecule has 1 heterocycles. The summed E-state index contributed by atoms with van der Waals surface area (Å²) in [6.45, 7) is 4.75. The summed E-state index contributed by atoms with van der Waals surface area (Å²) in [4.78, 5) is 17.5. The molecule has 0 unspecified atom stereocenters. The molecule has 1 N–H and O–H groups in total. The molecule has 4 aromatic rings. The summed E-state index contributed by atoms with van der Waals surface area (Å²) in [7, 11) is 4.76. The number of anilines is 1. The highest BCUT2D eigenvalue weighted by Gasteiger charge is 2.19. The molecule has 0 bridgehead atoms. The molecule has 0 aliphatic rings. The fourth-order valence-corrected chi connectivity index (χ4v) is 4.57. The first kappa shape index (κ1) is 29.5. The second kappa shape index (κ2) is 14.2. The summed E-state index contributed by atoms with van der Waals surface area (Å²) < 4.78 is 27.7. The van der Waals surface area contributed by atoms with E-state index in [4.69, 9.17) is 28.7 Å². The van der Waals surface area contributed by atoms with Gasteiger partial charge in [-0.2, -0.15) is 0 Å². The molecule has 3 aromatic carbocycles. The third kappa shape index (κ3) is 7.37. The van der Waals surface area contributed by atoms with E-state index in [9.17, 15) is 4.79 Å². The lowest BCUT2D eigenvalue weighted by molar-refractivity contribution is -0.113. The number of methoxy groups -OCH3 is 3. The van der Waals surface area contributed by atoms with E-state index >= 15 is 0 Å². The van der Waals surface area contributed by atoms with Crippen LogP contribution in [0.25, 0.3) is 22.5 Å². The topological polar surface area (TPSA) is 114 Å². The van der Waals surface area contributed by atoms with Gasteiger partial charge in [-0.15, -0.1) is 10.2 Å². The molecule has 1 amide bonds. The monoisotopic (exact) mass is 576 g/mol. The molecule has 0 fully saturated rings. The zero-order chi connectivity index (χ0) is 29.2. The average molecular weight is 577 g/mol. The van der Waals surface area contributed by atoms with Crippen LogP contribution in [0.1, 0.15) is 13.8 Å². The Kier molecular flexibility index (Phi) is 10.2. The maximum absolute atomic E-state index is 12.7. The zero-order valence-electron chi connectivity index (χ0n) is 23.6. The molecule has 214 valence electrons. The van der Waals surface area contributed by atoms with E-state index in [1.165, 1.54) is 11.8 Å². The number of thioether (sulfide) groups is 1. The Morgan fingerprint density at radius 2 is 1.39 bits per heavy atom. The first-order chi connectivity index (χ1) is 20.0. The van der Waals surface area contributed by atoms with Crippen LogP contribution in [0.15, 0.2) is 65.8 Å². The predicted molar refractivity (Wildman–Crippen MR) is 158 cm³/mol. The molecule has 0 saturated carbocycles. The Bertz CT molecular complexity index is 1500. The van der Waals surface area contributed by atoms with Crippen LogP contribution in [0.5, 0.6) is 28.7 Å². The largest absolute Gasteiger partial charge is 0.497 e. The second-order valence-electron chi connectivity index (χ2n) is 8.46. The first-order valence-electron chi connectivity index (χ1n) is 12.9. The molecule has 4 rings (SSSR count). The van der Waals surface area contributed by atoms with Crippen LogP contribution in [-0.2, 0) is 4.79 Å². The van der Waals surface area contributed by atoms with Crippen molar-refractivity contribution in [2.75, 3.05) is 45.6 Å². The molecule has 0 radical (unpaired) electrons. The van der Waals surface area contributed by atoms with E-state index in [1.54, 1.807) is 39.5 Å². The quantitative estimate of drug-likeness (QED) is 0.197. The van der Waals surface area contributed by atoms with Crippen molar-refractivity contribution >= 4 is 23.4 Å². The molecular weight excluding hydrogens is 544 g/mol. The maximum Gasteiger partial charge on any atom is 0.234 e. The minimum absolute atomic E-state index is 0.0848. The molecule has 10 nitrogen and oxygen atoms in total. The smallest absolute Gasteiger partial charge is 0.234 e. The highest BCUT2D eigenvalue weighted by atomic mass is 32.2. The number of ether oxygens (including phenoxy) is 5. The lowest BCUT2D eigenvalue weighted by Crippen LogP contribution is -2.14. The van der Waals surface area contributed by atoms with Crippen molar-refractivity contribution in [3.63, 3.8) is 0 Å². The van der Waals surface area contributed by atoms with Crippen molar-refractivity contribution in [2.45, 2.75) is 19.0 Å². The molecule has 41 heavy (non-hydrogen) atoms. The van der Waals surface area contributed by atoms with Crippen LogP contribution in [0, 0.1) is 0 Å². The number of amides is 1. The summed E-state index contributed by atoms with van der Waals surface area (Å²) in [5.41, 5.74) is 3.22. The number of nitrogens with zero attached hydrogens (tertiary/aromatic N) is 3. The minimum Gasteiger partial charge on any atom is -0.497 e. The number of hydrogen-bond acceptors (Lipinski definition) is 10. The minimum atomic E-state index is -0.211. The average Bonchev–Trinajstić information content (AvgIpc) is 3.00. The summed E-state index contributed by atoms with van der Waals surface area (Å²) in [6.07, 6.45) is 0. The van der Waals surface area contributed by atoms with Gasteiger partial charge in [0.15, 0.2) is 23.0 Å². The van der Waals surface area contributed by atoms with E-state index in [1.807, 2.05) is 56.3 Å². The summed E-state index contributed by atoms with van der Waals surface area (Å²) >= 11 is 1.18. The van der Waals surface area contributed by atoms with E-state index in [0.29, 0.717) is 64.2 Å². The summed E-state index contributed by atoms with van der Waals surface area (Å²) in [5, 5.41) is 12.1. The van der Waals surface area contributed by atoms with Crippen molar-refractivity contribution in [1.29, 1.82) is 0 Å². The van der Waals surface area contributed by atoms with Crippen LogP contribution >= 0.6 is 11.8 Å². The summed E-state index contributed by atoms with van der Waals surface area (Å²) in [5.74, 6) is 2.89. The number of carbonyl (C=O) groups excluding carboxylic acids is 1. The van der Waals surface area contributed by atoms with E-state index in [0.717, 1.165) is 11.1 Å². The van der Waals surface area contributed by atoms with Gasteiger partial charge in [0, 0.05) is 22.9 Å². The number of benzene rings is 3. The lowest BCUT2D eigenvalue weighted by Gasteiger charge is -2.15. The van der Waals surface area contributed by atoms with Crippen LogP contribution in [0.2, 0.25) is 0 Å². The number of nitrogens with one attached hydrogen (secondary N) is 1. The Hall–Kier alpha value is -4.51. The highest BCUT2D eigenvalue weighted by Crippen LogP contribution is 2.38. The molecular formula is C30H32N4O6S. The van der Waals surface area contributed by atoms with Gasteiger partial charge in [-0.25, -0.2) is 4.98 Å². The Balaban J connectivity index is 1.68. The lowest BCUT2D eigenvalue weighted by atomic mass is 10.0. The SMILES string of the molecule is CCOc1cc(-c2nnc(SCC(=O)Nc3cccc(OC)c3)nc2-c2ccc(OC)c(OCC)c2)ccc1OC. The Labute approximate surface area is 243 Å². The zero-order valence-corrected chi connectivity index (χ0v) is 24.4. The van der Waals surface area contributed by atoms with E-state index < -0.39 is 0 Å². The third-order valence-corrected chi connectivity index (χ3v) is 6.66. The van der Waals surface area contributed by atoms with Crippen molar-refractivity contribution in [3.8, 4) is 51.3 Å². The molecule has 0 spiro atoms. The first-order valence-corrected chi connectivity index (χ1v) is 13.9. The van der Waals surface area contributed by atoms with Gasteiger partial charge >= 0.3 is 0 Å². The second-order valence-corrected chi connectivity index (χ2v) is 9.40. The van der Waals surface area contributed by atoms with Gasteiger partial charge in [0.1, 0.15) is 17.1 Å². The Morgan fingerprint density at radius 3 is 1.98 bits per heavy atom. The number of carbonyl (C=O) groups is 1. The van der Waals surface area contributed by atoms with Crippen molar-refractivity contribution < 1.29 is 28.5 Å². The van der Waals surface area contributed by atoms with Gasteiger partial charge in [0.2, 0.25) is 11.1 Å². The molecule has 0 saturated heterocycles. The number of rotatable bonds is 13. The molecule has 11 heteroatoms. The molecule has 0 aliphatic heterocycles. The highest BCUT2D eigenvalue weighted by molar-refractivity contribution is 7.99. The van der Waals surface area contributed by atoms with E-state index in [-0.39, 0.29) is 11.7 Å². The van der Waals surface area contributed by atoms with Crippen molar-refractivity contribution in [3.05, 3.63) is 60.7 Å². The van der Waals surface area contributed by atoms with E-state index in [2.05, 4.69) is 15.5 Å². The normalized spacial score (nSPS) is 10.6.